The Morgan fingerprint density at radius 1 is 1.00 bits per heavy atom. The van der Waals surface area contributed by atoms with Crippen LogP contribution in [0, 0.1) is 11.3 Å². The lowest BCUT2D eigenvalue weighted by atomic mass is 10.0. The Labute approximate surface area is 214 Å². The lowest BCUT2D eigenvalue weighted by Gasteiger charge is -2.17. The Morgan fingerprint density at radius 2 is 1.64 bits per heavy atom. The Bertz CT molecular complexity index is 1280. The molecule has 7 heteroatoms. The summed E-state index contributed by atoms with van der Waals surface area (Å²) in [5, 5.41) is 8.93. The average molecular weight is 504 g/mol. The highest BCUT2D eigenvalue weighted by Crippen LogP contribution is 2.23. The van der Waals surface area contributed by atoms with Gasteiger partial charge in [-0.3, -0.25) is 0 Å². The number of nitrogens with zero attached hydrogens (tertiary/aromatic N) is 2. The van der Waals surface area contributed by atoms with Crippen molar-refractivity contribution in [3.05, 3.63) is 83.9 Å². The molecule has 0 radical (unpaired) electrons. The van der Waals surface area contributed by atoms with Gasteiger partial charge in [-0.2, -0.15) is 5.26 Å². The SMILES string of the molecule is CC(C)c1ccc(S(=O)(=O)N[C@@H]2CCN(CCCOc3ccc(-c4ccc(C#N)cc4)cc3)C2)cc1. The van der Waals surface area contributed by atoms with Crippen LogP contribution in [0.2, 0.25) is 0 Å². The third kappa shape index (κ3) is 6.73. The molecule has 4 rings (SSSR count). The van der Waals surface area contributed by atoms with E-state index < -0.39 is 10.0 Å². The zero-order valence-corrected chi connectivity index (χ0v) is 21.7. The van der Waals surface area contributed by atoms with Crippen molar-refractivity contribution in [1.82, 2.24) is 9.62 Å². The molecular formula is C29H33N3O3S. The fourth-order valence-corrected chi connectivity index (χ4v) is 5.67. The summed E-state index contributed by atoms with van der Waals surface area (Å²) in [5.74, 6) is 1.19. The normalized spacial score (nSPS) is 16.2. The molecule has 1 saturated heterocycles. The maximum absolute atomic E-state index is 12.8. The van der Waals surface area contributed by atoms with Crippen LogP contribution >= 0.6 is 0 Å². The fourth-order valence-electron chi connectivity index (χ4n) is 4.41. The van der Waals surface area contributed by atoms with E-state index in [1.165, 1.54) is 0 Å². The number of ether oxygens (including phenoxy) is 1. The minimum Gasteiger partial charge on any atom is -0.494 e. The van der Waals surface area contributed by atoms with Gasteiger partial charge in [0.1, 0.15) is 5.75 Å². The molecule has 1 fully saturated rings. The number of nitriles is 1. The molecule has 1 aliphatic rings. The molecule has 36 heavy (non-hydrogen) atoms. The largest absolute Gasteiger partial charge is 0.494 e. The average Bonchev–Trinajstić information content (AvgIpc) is 3.33. The number of nitrogens with one attached hydrogen (secondary N) is 1. The van der Waals surface area contributed by atoms with Gasteiger partial charge in [-0.05, 0) is 78.4 Å². The summed E-state index contributed by atoms with van der Waals surface area (Å²) >= 11 is 0. The van der Waals surface area contributed by atoms with Crippen LogP contribution in [0.1, 0.15) is 43.7 Å². The van der Waals surface area contributed by atoms with Gasteiger partial charge in [0.15, 0.2) is 0 Å². The molecule has 0 amide bonds. The van der Waals surface area contributed by atoms with Gasteiger partial charge in [0, 0.05) is 19.1 Å². The minimum atomic E-state index is -3.51. The van der Waals surface area contributed by atoms with Crippen molar-refractivity contribution in [3.8, 4) is 22.9 Å². The van der Waals surface area contributed by atoms with Crippen LogP contribution in [-0.2, 0) is 10.0 Å². The molecule has 1 N–H and O–H groups in total. The molecule has 3 aromatic rings. The number of hydrogen-bond donors (Lipinski definition) is 1. The zero-order chi connectivity index (χ0) is 25.5. The summed E-state index contributed by atoms with van der Waals surface area (Å²) < 4.78 is 34.3. The molecule has 0 unspecified atom stereocenters. The van der Waals surface area contributed by atoms with Gasteiger partial charge in [0.05, 0.1) is 23.1 Å². The van der Waals surface area contributed by atoms with Gasteiger partial charge in [-0.15, -0.1) is 0 Å². The van der Waals surface area contributed by atoms with E-state index in [9.17, 15) is 8.42 Å². The first-order valence-corrected chi connectivity index (χ1v) is 13.9. The summed E-state index contributed by atoms with van der Waals surface area (Å²) in [5.41, 5.74) is 3.92. The highest BCUT2D eigenvalue weighted by atomic mass is 32.2. The predicted octanol–water partition coefficient (Wildman–Crippen LogP) is 5.17. The molecule has 0 saturated carbocycles. The molecule has 1 aliphatic heterocycles. The van der Waals surface area contributed by atoms with Crippen LogP contribution < -0.4 is 9.46 Å². The first-order chi connectivity index (χ1) is 17.3. The van der Waals surface area contributed by atoms with Crippen molar-refractivity contribution in [1.29, 1.82) is 5.26 Å². The molecule has 1 heterocycles. The van der Waals surface area contributed by atoms with Gasteiger partial charge in [0.25, 0.3) is 0 Å². The fraction of sp³-hybridized carbons (Fsp3) is 0.345. The van der Waals surface area contributed by atoms with Gasteiger partial charge in [-0.1, -0.05) is 50.2 Å². The van der Waals surface area contributed by atoms with E-state index in [1.807, 2.05) is 60.7 Å². The minimum absolute atomic E-state index is 0.0736. The number of sulfonamides is 1. The quantitative estimate of drug-likeness (QED) is 0.386. The van der Waals surface area contributed by atoms with E-state index in [0.717, 1.165) is 48.4 Å². The first kappa shape index (κ1) is 25.9. The van der Waals surface area contributed by atoms with Crippen LogP contribution in [-0.4, -0.2) is 45.6 Å². The Balaban J connectivity index is 1.19. The number of likely N-dealkylation sites (tertiary alicyclic amines) is 1. The molecule has 0 aliphatic carbocycles. The van der Waals surface area contributed by atoms with E-state index in [1.54, 1.807) is 12.1 Å². The zero-order valence-electron chi connectivity index (χ0n) is 20.9. The lowest BCUT2D eigenvalue weighted by Crippen LogP contribution is -2.37. The van der Waals surface area contributed by atoms with Crippen LogP contribution in [0.4, 0.5) is 0 Å². The summed E-state index contributed by atoms with van der Waals surface area (Å²) in [4.78, 5) is 2.61. The molecule has 0 bridgehead atoms. The monoisotopic (exact) mass is 503 g/mol. The summed E-state index contributed by atoms with van der Waals surface area (Å²) in [6, 6.07) is 24.7. The molecule has 1 atom stereocenters. The second-order valence-corrected chi connectivity index (χ2v) is 11.3. The Morgan fingerprint density at radius 3 is 2.25 bits per heavy atom. The van der Waals surface area contributed by atoms with Crippen molar-refractivity contribution >= 4 is 10.0 Å². The van der Waals surface area contributed by atoms with Gasteiger partial charge in [-0.25, -0.2) is 13.1 Å². The van der Waals surface area contributed by atoms with E-state index in [2.05, 4.69) is 29.5 Å². The van der Waals surface area contributed by atoms with Gasteiger partial charge < -0.3 is 9.64 Å². The summed E-state index contributed by atoms with van der Waals surface area (Å²) in [6.45, 7) is 7.24. The number of benzene rings is 3. The highest BCUT2D eigenvalue weighted by molar-refractivity contribution is 7.89. The molecule has 0 aromatic heterocycles. The molecule has 6 nitrogen and oxygen atoms in total. The molecular weight excluding hydrogens is 470 g/mol. The lowest BCUT2D eigenvalue weighted by molar-refractivity contribution is 0.261. The van der Waals surface area contributed by atoms with E-state index in [-0.39, 0.29) is 6.04 Å². The van der Waals surface area contributed by atoms with Crippen LogP contribution in [0.15, 0.2) is 77.7 Å². The van der Waals surface area contributed by atoms with E-state index in [4.69, 9.17) is 10.00 Å². The van der Waals surface area contributed by atoms with Crippen molar-refractivity contribution < 1.29 is 13.2 Å². The molecule has 0 spiro atoms. The van der Waals surface area contributed by atoms with E-state index >= 15 is 0 Å². The van der Waals surface area contributed by atoms with Crippen LogP contribution in [0.5, 0.6) is 5.75 Å². The second kappa shape index (κ2) is 11.7. The second-order valence-electron chi connectivity index (χ2n) is 9.55. The van der Waals surface area contributed by atoms with Crippen molar-refractivity contribution in [2.24, 2.45) is 0 Å². The van der Waals surface area contributed by atoms with Crippen molar-refractivity contribution in [2.45, 2.75) is 43.5 Å². The van der Waals surface area contributed by atoms with E-state index in [0.29, 0.717) is 29.5 Å². The van der Waals surface area contributed by atoms with Crippen LogP contribution in [0.25, 0.3) is 11.1 Å². The molecule has 3 aromatic carbocycles. The van der Waals surface area contributed by atoms with Crippen molar-refractivity contribution in [2.75, 3.05) is 26.2 Å². The van der Waals surface area contributed by atoms with Gasteiger partial charge >= 0.3 is 0 Å². The number of hydrogen-bond acceptors (Lipinski definition) is 5. The smallest absolute Gasteiger partial charge is 0.240 e. The topological polar surface area (TPSA) is 82.4 Å². The number of rotatable bonds is 10. The standard InChI is InChI=1S/C29H33N3O3S/c1-22(2)24-10-14-29(15-11-24)36(33,34)31-27-16-18-32(21-27)17-3-19-35-28-12-8-26(9-13-28)25-6-4-23(20-30)5-7-25/h4-15,22,27,31H,3,16-19,21H2,1-2H3/t27-/m1/s1. The highest BCUT2D eigenvalue weighted by Gasteiger charge is 2.27. The first-order valence-electron chi connectivity index (χ1n) is 12.4. The predicted molar refractivity (Wildman–Crippen MR) is 142 cm³/mol. The van der Waals surface area contributed by atoms with Crippen LogP contribution in [0.3, 0.4) is 0 Å². The molecule has 188 valence electrons. The maximum atomic E-state index is 12.8. The Hall–Kier alpha value is -3.18. The maximum Gasteiger partial charge on any atom is 0.240 e. The third-order valence-corrected chi connectivity index (χ3v) is 8.08. The third-order valence-electron chi connectivity index (χ3n) is 6.54. The summed E-state index contributed by atoms with van der Waals surface area (Å²) in [7, 11) is -3.51. The summed E-state index contributed by atoms with van der Waals surface area (Å²) in [6.07, 6.45) is 1.68. The van der Waals surface area contributed by atoms with Crippen molar-refractivity contribution in [3.63, 3.8) is 0 Å². The van der Waals surface area contributed by atoms with Gasteiger partial charge in [0.2, 0.25) is 10.0 Å². The Kier molecular flexibility index (Phi) is 8.42.